The van der Waals surface area contributed by atoms with E-state index in [4.69, 9.17) is 0 Å². The molecule has 1 aromatic heterocycles. The highest BCUT2D eigenvalue weighted by molar-refractivity contribution is 5.88. The first-order chi connectivity index (χ1) is 9.56. The number of nitro groups is 1. The molecule has 1 fully saturated rings. The van der Waals surface area contributed by atoms with Gasteiger partial charge in [0, 0.05) is 10.8 Å². The summed E-state index contributed by atoms with van der Waals surface area (Å²) in [5.74, 6) is -0.517. The molecule has 108 valence electrons. The quantitative estimate of drug-likeness (QED) is 0.649. The highest BCUT2D eigenvalue weighted by Gasteiger charge is 2.17. The van der Waals surface area contributed by atoms with Crippen LogP contribution in [0.15, 0.2) is 11.4 Å². The zero-order valence-corrected chi connectivity index (χ0v) is 11.2. The molecule has 2 rings (SSSR count). The van der Waals surface area contributed by atoms with Gasteiger partial charge in [0.05, 0.1) is 0 Å². The lowest BCUT2D eigenvalue weighted by atomic mass is 9.89. The molecule has 1 aromatic rings. The molecule has 1 N–H and O–H groups in total. The van der Waals surface area contributed by atoms with Gasteiger partial charge in [-0.25, -0.2) is 5.43 Å². The summed E-state index contributed by atoms with van der Waals surface area (Å²) in [6, 6.07) is 0. The summed E-state index contributed by atoms with van der Waals surface area (Å²) in [7, 11) is 0. The Labute approximate surface area is 115 Å². The topological polar surface area (TPSA) is 115 Å². The standard InChI is InChI=1S/C11H16N6O3/c1-8-4-2-3-5-9(8)13-14-10(18)6-16-7-12-11(15-16)17(19)20/h7-8H,2-6H2,1H3,(H,14,18)/b13-9-/t8-/m0/s1. The number of aromatic nitrogens is 3. The normalized spacial score (nSPS) is 20.9. The average Bonchev–Trinajstić information content (AvgIpc) is 2.86. The Morgan fingerprint density at radius 1 is 1.65 bits per heavy atom. The number of amides is 1. The van der Waals surface area contributed by atoms with E-state index in [0.717, 1.165) is 36.0 Å². The number of nitrogens with one attached hydrogen (secondary N) is 1. The van der Waals surface area contributed by atoms with E-state index in [1.54, 1.807) is 0 Å². The van der Waals surface area contributed by atoms with E-state index in [-0.39, 0.29) is 12.5 Å². The average molecular weight is 280 g/mol. The molecule has 1 atom stereocenters. The number of nitrogens with zero attached hydrogens (tertiary/aromatic N) is 5. The lowest BCUT2D eigenvalue weighted by Gasteiger charge is -2.19. The molecule has 0 saturated heterocycles. The van der Waals surface area contributed by atoms with Gasteiger partial charge in [-0.3, -0.25) is 4.79 Å². The van der Waals surface area contributed by atoms with Gasteiger partial charge in [0.1, 0.15) is 6.54 Å². The maximum absolute atomic E-state index is 11.7. The summed E-state index contributed by atoms with van der Waals surface area (Å²) in [5, 5.41) is 18.1. The molecule has 0 spiro atoms. The fraction of sp³-hybridized carbons (Fsp3) is 0.636. The van der Waals surface area contributed by atoms with Crippen molar-refractivity contribution in [3.63, 3.8) is 0 Å². The summed E-state index contributed by atoms with van der Waals surface area (Å²) in [6.45, 7) is 1.94. The minimum Gasteiger partial charge on any atom is -0.390 e. The van der Waals surface area contributed by atoms with Crippen molar-refractivity contribution in [1.29, 1.82) is 0 Å². The van der Waals surface area contributed by atoms with Crippen molar-refractivity contribution in [2.45, 2.75) is 39.2 Å². The lowest BCUT2D eigenvalue weighted by Crippen LogP contribution is -2.27. The number of hydrogen-bond acceptors (Lipinski definition) is 6. The predicted octanol–water partition coefficient (Wildman–Crippen LogP) is 0.869. The molecule has 1 aliphatic carbocycles. The van der Waals surface area contributed by atoms with Crippen LogP contribution in [0.2, 0.25) is 0 Å². The zero-order chi connectivity index (χ0) is 14.5. The van der Waals surface area contributed by atoms with E-state index in [9.17, 15) is 14.9 Å². The van der Waals surface area contributed by atoms with Crippen LogP contribution in [0, 0.1) is 16.0 Å². The molecule has 1 saturated carbocycles. The Hall–Kier alpha value is -2.32. The molecule has 0 aliphatic heterocycles. The molecule has 1 amide bonds. The summed E-state index contributed by atoms with van der Waals surface area (Å²) in [4.78, 5) is 24.8. The second kappa shape index (κ2) is 6.22. The number of hydrazone groups is 1. The SMILES string of the molecule is C[C@H]1CCCC/C1=N/NC(=O)Cn1cnc([N+](=O)[O-])n1. The molecule has 0 unspecified atom stereocenters. The molecule has 1 heterocycles. The maximum Gasteiger partial charge on any atom is 0.490 e. The number of carbonyl (C=O) groups is 1. The van der Waals surface area contributed by atoms with Gasteiger partial charge < -0.3 is 10.1 Å². The van der Waals surface area contributed by atoms with E-state index in [2.05, 4.69) is 27.5 Å². The van der Waals surface area contributed by atoms with E-state index >= 15 is 0 Å². The molecule has 0 bridgehead atoms. The van der Waals surface area contributed by atoms with E-state index < -0.39 is 10.9 Å². The summed E-state index contributed by atoms with van der Waals surface area (Å²) in [5.41, 5.74) is 3.45. The Balaban J connectivity index is 1.88. The van der Waals surface area contributed by atoms with Gasteiger partial charge in [0.25, 0.3) is 5.91 Å². The minimum absolute atomic E-state index is 0.147. The molecule has 0 radical (unpaired) electrons. The second-order valence-corrected chi connectivity index (χ2v) is 4.78. The predicted molar refractivity (Wildman–Crippen MR) is 69.9 cm³/mol. The molecule has 9 heteroatoms. The first-order valence-corrected chi connectivity index (χ1v) is 6.45. The summed E-state index contributed by atoms with van der Waals surface area (Å²) < 4.78 is 1.11. The maximum atomic E-state index is 11.7. The van der Waals surface area contributed by atoms with Crippen LogP contribution < -0.4 is 5.43 Å². The highest BCUT2D eigenvalue weighted by atomic mass is 16.6. The van der Waals surface area contributed by atoms with Crippen molar-refractivity contribution in [3.05, 3.63) is 16.4 Å². The van der Waals surface area contributed by atoms with Crippen molar-refractivity contribution in [2.24, 2.45) is 11.0 Å². The van der Waals surface area contributed by atoms with Gasteiger partial charge in [-0.05, 0) is 30.1 Å². The van der Waals surface area contributed by atoms with Gasteiger partial charge in [-0.1, -0.05) is 18.3 Å². The van der Waals surface area contributed by atoms with Gasteiger partial charge in [-0.2, -0.15) is 9.78 Å². The van der Waals surface area contributed by atoms with Crippen LogP contribution in [0.4, 0.5) is 5.95 Å². The monoisotopic (exact) mass is 280 g/mol. The van der Waals surface area contributed by atoms with E-state index in [0.29, 0.717) is 5.92 Å². The zero-order valence-electron chi connectivity index (χ0n) is 11.2. The fourth-order valence-corrected chi connectivity index (χ4v) is 2.10. The van der Waals surface area contributed by atoms with Gasteiger partial charge in [0.2, 0.25) is 6.33 Å². The van der Waals surface area contributed by atoms with Crippen molar-refractivity contribution in [2.75, 3.05) is 0 Å². The Bertz CT molecular complexity index is 538. The van der Waals surface area contributed by atoms with Gasteiger partial charge in [0.15, 0.2) is 0 Å². The van der Waals surface area contributed by atoms with Crippen molar-refractivity contribution in [1.82, 2.24) is 20.2 Å². The van der Waals surface area contributed by atoms with Crippen LogP contribution >= 0.6 is 0 Å². The molecule has 1 aliphatic rings. The van der Waals surface area contributed by atoms with Crippen molar-refractivity contribution >= 4 is 17.6 Å². The second-order valence-electron chi connectivity index (χ2n) is 4.78. The number of rotatable bonds is 4. The molecule has 9 nitrogen and oxygen atoms in total. The molecule has 20 heavy (non-hydrogen) atoms. The van der Waals surface area contributed by atoms with Gasteiger partial charge >= 0.3 is 5.95 Å². The van der Waals surface area contributed by atoms with E-state index in [1.165, 1.54) is 6.42 Å². The molecule has 0 aromatic carbocycles. The lowest BCUT2D eigenvalue weighted by molar-refractivity contribution is -0.394. The number of hydrogen-bond donors (Lipinski definition) is 1. The van der Waals surface area contributed by atoms with E-state index in [1.807, 2.05) is 0 Å². The van der Waals surface area contributed by atoms with Crippen LogP contribution in [0.5, 0.6) is 0 Å². The number of carbonyl (C=O) groups excluding carboxylic acids is 1. The fourth-order valence-electron chi connectivity index (χ4n) is 2.10. The van der Waals surface area contributed by atoms with Crippen LogP contribution in [-0.4, -0.2) is 31.3 Å². The molecular weight excluding hydrogens is 264 g/mol. The third-order valence-corrected chi connectivity index (χ3v) is 3.21. The summed E-state index contributed by atoms with van der Waals surface area (Å²) in [6.07, 6.45) is 5.42. The minimum atomic E-state index is -0.710. The van der Waals surface area contributed by atoms with Gasteiger partial charge in [-0.15, -0.1) is 0 Å². The highest BCUT2D eigenvalue weighted by Crippen LogP contribution is 2.20. The van der Waals surface area contributed by atoms with Crippen molar-refractivity contribution < 1.29 is 9.72 Å². The first kappa shape index (κ1) is 14.1. The van der Waals surface area contributed by atoms with Crippen LogP contribution in [0.1, 0.15) is 32.6 Å². The largest absolute Gasteiger partial charge is 0.490 e. The van der Waals surface area contributed by atoms with Crippen LogP contribution in [0.3, 0.4) is 0 Å². The molecular formula is C11H16N6O3. The third kappa shape index (κ3) is 3.59. The van der Waals surface area contributed by atoms with Crippen LogP contribution in [0.25, 0.3) is 0 Å². The third-order valence-electron chi connectivity index (χ3n) is 3.21. The first-order valence-electron chi connectivity index (χ1n) is 6.45. The Morgan fingerprint density at radius 2 is 2.45 bits per heavy atom. The smallest absolute Gasteiger partial charge is 0.390 e. The summed E-state index contributed by atoms with van der Waals surface area (Å²) >= 11 is 0. The Morgan fingerprint density at radius 3 is 3.10 bits per heavy atom. The van der Waals surface area contributed by atoms with Crippen molar-refractivity contribution in [3.8, 4) is 0 Å². The van der Waals surface area contributed by atoms with Crippen LogP contribution in [-0.2, 0) is 11.3 Å². The Kier molecular flexibility index (Phi) is 4.38.